The molecule has 1 saturated heterocycles. The third-order valence-corrected chi connectivity index (χ3v) is 2.98. The van der Waals surface area contributed by atoms with Crippen LogP contribution in [0.5, 0.6) is 0 Å². The highest BCUT2D eigenvalue weighted by Gasteiger charge is 2.37. The van der Waals surface area contributed by atoms with Crippen LogP contribution in [-0.4, -0.2) is 42.0 Å². The number of nitrogens with zero attached hydrogens (tertiary/aromatic N) is 1. The predicted molar refractivity (Wildman–Crippen MR) is 69.3 cm³/mol. The van der Waals surface area contributed by atoms with E-state index in [1.165, 1.54) is 29.2 Å². The van der Waals surface area contributed by atoms with Crippen LogP contribution in [0.2, 0.25) is 0 Å². The maximum absolute atomic E-state index is 12.8. The summed E-state index contributed by atoms with van der Waals surface area (Å²) >= 11 is 0. The van der Waals surface area contributed by atoms with E-state index in [-0.39, 0.29) is 19.7 Å². The van der Waals surface area contributed by atoms with E-state index in [1.807, 2.05) is 0 Å². The molecule has 0 aromatic heterocycles. The minimum absolute atomic E-state index is 0.105. The summed E-state index contributed by atoms with van der Waals surface area (Å²) < 4.78 is 17.7. The van der Waals surface area contributed by atoms with Gasteiger partial charge in [-0.3, -0.25) is 14.5 Å². The molecule has 0 radical (unpaired) electrons. The molecule has 21 heavy (non-hydrogen) atoms. The largest absolute Gasteiger partial charge is 0.447 e. The second kappa shape index (κ2) is 6.21. The lowest BCUT2D eigenvalue weighted by Crippen LogP contribution is -2.47. The zero-order valence-corrected chi connectivity index (χ0v) is 11.0. The lowest BCUT2D eigenvalue weighted by molar-refractivity contribution is -0.127. The minimum atomic E-state index is -0.845. The van der Waals surface area contributed by atoms with Gasteiger partial charge in [0.2, 0.25) is 11.8 Å². The molecule has 7 nitrogen and oxygen atoms in total. The van der Waals surface area contributed by atoms with Gasteiger partial charge in [0, 0.05) is 0 Å². The summed E-state index contributed by atoms with van der Waals surface area (Å²) in [5.41, 5.74) is 5.59. The summed E-state index contributed by atoms with van der Waals surface area (Å²) in [7, 11) is 0. The molecule has 0 unspecified atom stereocenters. The maximum Gasteiger partial charge on any atom is 0.410 e. The van der Waals surface area contributed by atoms with Gasteiger partial charge in [0.1, 0.15) is 18.5 Å². The quantitative estimate of drug-likeness (QED) is 0.782. The number of hydrogen-bond acceptors (Lipinski definition) is 4. The number of amides is 3. The van der Waals surface area contributed by atoms with Gasteiger partial charge in [0.15, 0.2) is 0 Å². The van der Waals surface area contributed by atoms with Crippen molar-refractivity contribution in [3.05, 3.63) is 35.6 Å². The summed E-state index contributed by atoms with van der Waals surface area (Å²) in [6.07, 6.45) is -0.640. The van der Waals surface area contributed by atoms with Crippen LogP contribution in [0.3, 0.4) is 0 Å². The van der Waals surface area contributed by atoms with Crippen LogP contribution in [-0.2, 0) is 20.9 Å². The molecule has 1 fully saturated rings. The number of rotatable bonds is 5. The van der Waals surface area contributed by atoms with E-state index < -0.39 is 29.8 Å². The van der Waals surface area contributed by atoms with Crippen LogP contribution < -0.4 is 11.1 Å². The summed E-state index contributed by atoms with van der Waals surface area (Å²) in [5, 5.41) is 2.32. The number of benzene rings is 1. The SMILES string of the molecule is NC(=O)CNC(=O)[C@@H]1COC(=O)N1Cc1ccc(F)cc1. The van der Waals surface area contributed by atoms with E-state index >= 15 is 0 Å². The van der Waals surface area contributed by atoms with Crippen LogP contribution >= 0.6 is 0 Å². The molecule has 1 aromatic carbocycles. The van der Waals surface area contributed by atoms with Crippen molar-refractivity contribution in [1.29, 1.82) is 0 Å². The van der Waals surface area contributed by atoms with Crippen molar-refractivity contribution < 1.29 is 23.5 Å². The summed E-state index contributed by atoms with van der Waals surface area (Å²) in [5.74, 6) is -1.60. The molecule has 112 valence electrons. The Morgan fingerprint density at radius 1 is 1.38 bits per heavy atom. The number of carbonyl (C=O) groups is 3. The first-order valence-electron chi connectivity index (χ1n) is 6.21. The van der Waals surface area contributed by atoms with E-state index in [9.17, 15) is 18.8 Å². The fourth-order valence-corrected chi connectivity index (χ4v) is 1.92. The second-order valence-corrected chi connectivity index (χ2v) is 4.53. The third kappa shape index (κ3) is 3.68. The van der Waals surface area contributed by atoms with Crippen molar-refractivity contribution in [2.45, 2.75) is 12.6 Å². The third-order valence-electron chi connectivity index (χ3n) is 2.98. The molecule has 3 amide bonds. The molecule has 0 bridgehead atoms. The smallest absolute Gasteiger partial charge is 0.410 e. The first-order chi connectivity index (χ1) is 9.97. The Bertz CT molecular complexity index is 561. The van der Waals surface area contributed by atoms with Crippen molar-refractivity contribution in [2.75, 3.05) is 13.2 Å². The van der Waals surface area contributed by atoms with Crippen LogP contribution in [0.15, 0.2) is 24.3 Å². The fourth-order valence-electron chi connectivity index (χ4n) is 1.92. The van der Waals surface area contributed by atoms with Gasteiger partial charge in [-0.2, -0.15) is 0 Å². The Hall–Kier alpha value is -2.64. The van der Waals surface area contributed by atoms with Gasteiger partial charge in [-0.1, -0.05) is 12.1 Å². The topological polar surface area (TPSA) is 102 Å². The molecule has 1 aliphatic rings. The highest BCUT2D eigenvalue weighted by atomic mass is 19.1. The van der Waals surface area contributed by atoms with Gasteiger partial charge in [-0.25, -0.2) is 9.18 Å². The number of carbonyl (C=O) groups excluding carboxylic acids is 3. The first kappa shape index (κ1) is 14.8. The van der Waals surface area contributed by atoms with Gasteiger partial charge in [-0.15, -0.1) is 0 Å². The van der Waals surface area contributed by atoms with Gasteiger partial charge >= 0.3 is 6.09 Å². The number of nitrogens with two attached hydrogens (primary N) is 1. The number of halogens is 1. The molecule has 0 saturated carbocycles. The van der Waals surface area contributed by atoms with Crippen molar-refractivity contribution in [3.63, 3.8) is 0 Å². The Kier molecular flexibility index (Phi) is 4.36. The molecular weight excluding hydrogens is 281 g/mol. The molecule has 0 aliphatic carbocycles. The summed E-state index contributed by atoms with van der Waals surface area (Å²) in [6, 6.07) is 4.71. The van der Waals surface area contributed by atoms with Crippen molar-refractivity contribution >= 4 is 17.9 Å². The average molecular weight is 295 g/mol. The first-order valence-corrected chi connectivity index (χ1v) is 6.21. The molecule has 2 rings (SSSR count). The number of cyclic esters (lactones) is 1. The normalized spacial score (nSPS) is 17.5. The van der Waals surface area contributed by atoms with E-state index in [1.54, 1.807) is 0 Å². The Balaban J connectivity index is 2.04. The van der Waals surface area contributed by atoms with Gasteiger partial charge in [-0.05, 0) is 17.7 Å². The number of ether oxygens (including phenoxy) is 1. The van der Waals surface area contributed by atoms with E-state index in [0.717, 1.165) is 0 Å². The molecule has 1 aliphatic heterocycles. The summed E-state index contributed by atoms with van der Waals surface area (Å²) in [4.78, 5) is 35.4. The van der Waals surface area contributed by atoms with E-state index in [4.69, 9.17) is 10.5 Å². The molecule has 3 N–H and O–H groups in total. The van der Waals surface area contributed by atoms with E-state index in [0.29, 0.717) is 5.56 Å². The lowest BCUT2D eigenvalue weighted by atomic mass is 10.2. The van der Waals surface area contributed by atoms with Gasteiger partial charge in [0.25, 0.3) is 0 Å². The number of hydrogen-bond donors (Lipinski definition) is 2. The Morgan fingerprint density at radius 2 is 2.05 bits per heavy atom. The molecule has 1 atom stereocenters. The van der Waals surface area contributed by atoms with Crippen molar-refractivity contribution in [3.8, 4) is 0 Å². The van der Waals surface area contributed by atoms with Crippen LogP contribution in [0.1, 0.15) is 5.56 Å². The lowest BCUT2D eigenvalue weighted by Gasteiger charge is -2.20. The van der Waals surface area contributed by atoms with Crippen molar-refractivity contribution in [2.24, 2.45) is 5.73 Å². The van der Waals surface area contributed by atoms with Crippen molar-refractivity contribution in [1.82, 2.24) is 10.2 Å². The molecule has 8 heteroatoms. The van der Waals surface area contributed by atoms with Gasteiger partial charge in [0.05, 0.1) is 13.1 Å². The van der Waals surface area contributed by atoms with E-state index in [2.05, 4.69) is 5.32 Å². The zero-order valence-electron chi connectivity index (χ0n) is 11.0. The van der Waals surface area contributed by atoms with Crippen LogP contribution in [0.25, 0.3) is 0 Å². The maximum atomic E-state index is 12.8. The second-order valence-electron chi connectivity index (χ2n) is 4.53. The molecular formula is C13H14FN3O4. The van der Waals surface area contributed by atoms with Crippen LogP contribution in [0.4, 0.5) is 9.18 Å². The number of nitrogens with one attached hydrogen (secondary N) is 1. The molecule has 1 aromatic rings. The van der Waals surface area contributed by atoms with Crippen LogP contribution in [0, 0.1) is 5.82 Å². The highest BCUT2D eigenvalue weighted by molar-refractivity contribution is 5.90. The zero-order chi connectivity index (χ0) is 15.4. The standard InChI is InChI=1S/C13H14FN3O4/c14-9-3-1-8(2-4-9)6-17-10(7-21-13(17)20)12(19)16-5-11(15)18/h1-4,10H,5-7H2,(H2,15,18)(H,16,19)/t10-/m0/s1. The molecule has 1 heterocycles. The average Bonchev–Trinajstić information content (AvgIpc) is 2.80. The monoisotopic (exact) mass is 295 g/mol. The highest BCUT2D eigenvalue weighted by Crippen LogP contribution is 2.17. The fraction of sp³-hybridized carbons (Fsp3) is 0.308. The Labute approximate surface area is 119 Å². The number of primary amides is 1. The Morgan fingerprint density at radius 3 is 2.67 bits per heavy atom. The van der Waals surface area contributed by atoms with Gasteiger partial charge < -0.3 is 15.8 Å². The minimum Gasteiger partial charge on any atom is -0.447 e. The molecule has 0 spiro atoms. The predicted octanol–water partition coefficient (Wildman–Crippen LogP) is -0.252. The summed E-state index contributed by atoms with van der Waals surface area (Å²) in [6.45, 7) is -0.313.